The summed E-state index contributed by atoms with van der Waals surface area (Å²) in [6.07, 6.45) is 0.769. The minimum Gasteiger partial charge on any atom is -0.476 e. The van der Waals surface area contributed by atoms with Crippen molar-refractivity contribution < 1.29 is 14.7 Å². The molecule has 0 heterocycles. The number of rotatable bonds is 3. The largest absolute Gasteiger partial charge is 0.476 e. The zero-order valence-electron chi connectivity index (χ0n) is 5.64. The van der Waals surface area contributed by atoms with E-state index in [0.717, 1.165) is 0 Å². The molecule has 0 radical (unpaired) electrons. The molecule has 0 rings (SSSR count). The summed E-state index contributed by atoms with van der Waals surface area (Å²) in [6, 6.07) is 0. The fourth-order valence-corrected chi connectivity index (χ4v) is 0.329. The standard InChI is InChI=1S/C5H8O3/c1-2-3-4(6)5(7)8/h2-3H2,1H3,(H,7,8)/i/hD. The van der Waals surface area contributed by atoms with E-state index in [4.69, 9.17) is 1.43 Å². The van der Waals surface area contributed by atoms with Gasteiger partial charge in [0.1, 0.15) is 0 Å². The smallest absolute Gasteiger partial charge is 0.372 e. The molecule has 0 fully saturated rings. The highest BCUT2D eigenvalue weighted by Gasteiger charge is 2.07. The Kier molecular flexibility index (Phi) is 2.10. The molecule has 8 heavy (non-hydrogen) atoms. The van der Waals surface area contributed by atoms with Crippen LogP contribution in [-0.4, -0.2) is 16.9 Å². The van der Waals surface area contributed by atoms with E-state index >= 15 is 0 Å². The summed E-state index contributed by atoms with van der Waals surface area (Å²) in [4.78, 5) is 20.5. The summed E-state index contributed by atoms with van der Waals surface area (Å²) in [5.41, 5.74) is 0. The first kappa shape index (κ1) is 5.28. The number of carbonyl (C=O) groups is 2. The Morgan fingerprint density at radius 2 is 2.38 bits per heavy atom. The van der Waals surface area contributed by atoms with E-state index in [9.17, 15) is 9.59 Å². The lowest BCUT2D eigenvalue weighted by molar-refractivity contribution is -0.149. The fraction of sp³-hybridized carbons (Fsp3) is 0.600. The highest BCUT2D eigenvalue weighted by atomic mass is 16.4. The summed E-state index contributed by atoms with van der Waals surface area (Å²) >= 11 is 0. The van der Waals surface area contributed by atoms with Crippen LogP contribution in [0.4, 0.5) is 0 Å². The summed E-state index contributed by atoms with van der Waals surface area (Å²) in [5, 5.41) is 3.43. The van der Waals surface area contributed by atoms with Crippen LogP contribution >= 0.6 is 0 Å². The van der Waals surface area contributed by atoms with E-state index in [1.165, 1.54) is 0 Å². The van der Waals surface area contributed by atoms with E-state index in [1.807, 2.05) is 0 Å². The van der Waals surface area contributed by atoms with E-state index in [2.05, 4.69) is 5.11 Å². The number of carboxylic acid groups (broad SMARTS) is 1. The third-order valence-electron chi connectivity index (χ3n) is 0.705. The van der Waals surface area contributed by atoms with Gasteiger partial charge in [0.2, 0.25) is 5.78 Å². The van der Waals surface area contributed by atoms with Crippen LogP contribution in [0.1, 0.15) is 19.8 Å². The Labute approximate surface area is 48.8 Å². The van der Waals surface area contributed by atoms with Gasteiger partial charge < -0.3 is 5.11 Å². The zero-order chi connectivity index (χ0) is 7.28. The van der Waals surface area contributed by atoms with Crippen molar-refractivity contribution in [3.63, 3.8) is 0 Å². The number of aliphatic carboxylic acids is 1. The first-order chi connectivity index (χ1) is 4.22. The molecule has 0 aliphatic rings. The van der Waals surface area contributed by atoms with Crippen LogP contribution in [-0.2, 0) is 9.59 Å². The minimum atomic E-state index is -1.07. The summed E-state index contributed by atoms with van der Waals surface area (Å²) in [5.74, 6) is -1.70. The zero-order valence-corrected chi connectivity index (χ0v) is 4.64. The van der Waals surface area contributed by atoms with Crippen molar-refractivity contribution >= 4 is 11.8 Å². The van der Waals surface area contributed by atoms with Crippen LogP contribution in [0.5, 0.6) is 0 Å². The summed E-state index contributed by atoms with van der Waals surface area (Å²) in [7, 11) is 0. The number of hydrogen-bond donors (Lipinski definition) is 1. The van der Waals surface area contributed by atoms with Crippen molar-refractivity contribution in [3.8, 4) is 0 Å². The third-order valence-corrected chi connectivity index (χ3v) is 0.705. The van der Waals surface area contributed by atoms with Crippen LogP contribution in [0.3, 0.4) is 0 Å². The van der Waals surface area contributed by atoms with E-state index < -0.39 is 11.8 Å². The normalized spacial score (nSPS) is 9.88. The van der Waals surface area contributed by atoms with E-state index in [0.29, 0.717) is 6.42 Å². The molecule has 46 valence electrons. The lowest BCUT2D eigenvalue weighted by Gasteiger charge is -1.85. The Morgan fingerprint density at radius 1 is 1.75 bits per heavy atom. The van der Waals surface area contributed by atoms with Gasteiger partial charge in [-0.25, -0.2) is 4.79 Å². The van der Waals surface area contributed by atoms with Gasteiger partial charge in [-0.1, -0.05) is 6.92 Å². The minimum absolute atomic E-state index is 0.164. The van der Waals surface area contributed by atoms with Crippen LogP contribution < -0.4 is 0 Å². The molecule has 0 aromatic heterocycles. The molecule has 3 nitrogen and oxygen atoms in total. The Balaban J connectivity index is 3.60. The van der Waals surface area contributed by atoms with Crippen molar-refractivity contribution in [1.29, 1.82) is 1.43 Å². The Bertz CT molecular complexity index is 121. The number of Topliss-reactive ketones (excluding diaryl/α,β-unsaturated/α-hetero) is 1. The van der Waals surface area contributed by atoms with Crippen molar-refractivity contribution in [2.45, 2.75) is 19.8 Å². The second-order valence-electron chi connectivity index (χ2n) is 1.46. The number of ketones is 1. The van der Waals surface area contributed by atoms with Crippen molar-refractivity contribution in [2.24, 2.45) is 0 Å². The molecule has 0 atom stereocenters. The van der Waals surface area contributed by atoms with Crippen LogP contribution in [0.2, 0.25) is 0 Å². The van der Waals surface area contributed by atoms with Crippen LogP contribution in [0, 0.1) is 0 Å². The van der Waals surface area contributed by atoms with Gasteiger partial charge in [-0.15, -0.1) is 0 Å². The maximum Gasteiger partial charge on any atom is 0.372 e. The lowest BCUT2D eigenvalue weighted by atomic mass is 10.2. The molecule has 0 spiro atoms. The van der Waals surface area contributed by atoms with Crippen LogP contribution in [0.15, 0.2) is 0 Å². The number of carbonyl (C=O) groups excluding carboxylic acids is 1. The molecular formula is C5H8O3. The van der Waals surface area contributed by atoms with Gasteiger partial charge in [0, 0.05) is 6.42 Å². The molecule has 0 amide bonds. The second kappa shape index (κ2) is 3.18. The molecule has 0 aromatic rings. The van der Waals surface area contributed by atoms with Crippen molar-refractivity contribution in [1.82, 2.24) is 0 Å². The quantitative estimate of drug-likeness (QED) is 0.545. The molecule has 0 aliphatic heterocycles. The van der Waals surface area contributed by atoms with Gasteiger partial charge in [-0.05, 0) is 6.42 Å². The average Bonchev–Trinajstić information content (AvgIpc) is 1.87. The Morgan fingerprint density at radius 3 is 2.75 bits per heavy atom. The van der Waals surface area contributed by atoms with E-state index in [1.54, 1.807) is 6.92 Å². The highest BCUT2D eigenvalue weighted by molar-refractivity contribution is 6.32. The first-order valence-corrected chi connectivity index (χ1v) is 2.42. The molecule has 0 aromatic carbocycles. The summed E-state index contributed by atoms with van der Waals surface area (Å²) < 4.78 is 6.05. The maximum absolute atomic E-state index is 10.4. The Hall–Kier alpha value is -0.860. The molecule has 0 saturated heterocycles. The lowest BCUT2D eigenvalue weighted by Crippen LogP contribution is -2.10. The predicted molar refractivity (Wildman–Crippen MR) is 27.6 cm³/mol. The molecule has 3 heteroatoms. The molecule has 0 aliphatic carbocycles. The molecule has 0 unspecified atom stereocenters. The van der Waals surface area contributed by atoms with E-state index in [-0.39, 0.29) is 6.42 Å². The maximum atomic E-state index is 10.4. The van der Waals surface area contributed by atoms with Gasteiger partial charge in [-0.3, -0.25) is 4.79 Å². The molecule has 0 saturated carbocycles. The monoisotopic (exact) mass is 117 g/mol. The second-order valence-corrected chi connectivity index (χ2v) is 1.46. The topological polar surface area (TPSA) is 54.4 Å². The van der Waals surface area contributed by atoms with Gasteiger partial charge in [-0.2, -0.15) is 0 Å². The molecular weight excluding hydrogens is 108 g/mol. The van der Waals surface area contributed by atoms with Gasteiger partial charge >= 0.3 is 5.97 Å². The van der Waals surface area contributed by atoms with Gasteiger partial charge in [0.05, 0.1) is 0 Å². The number of hydrogen-bond acceptors (Lipinski definition) is 3. The third kappa shape index (κ3) is 2.34. The van der Waals surface area contributed by atoms with Gasteiger partial charge in [0.25, 0.3) is 1.43 Å². The number of carboxylic acids is 1. The molecule has 1 N–H and O–H groups in total. The van der Waals surface area contributed by atoms with Gasteiger partial charge in [0.15, 0.2) is 0 Å². The van der Waals surface area contributed by atoms with Crippen LogP contribution in [0.25, 0.3) is 1.43 Å². The fourth-order valence-electron chi connectivity index (χ4n) is 0.329. The SMILES string of the molecule is [2H]OC(=O)C(=O)CCC. The highest BCUT2D eigenvalue weighted by Crippen LogP contribution is 1.87. The summed E-state index contributed by atoms with van der Waals surface area (Å²) in [6.45, 7) is 1.77. The predicted octanol–water partition coefficient (Wildman–Crippen LogP) is 0.440. The molecule has 0 bridgehead atoms. The van der Waals surface area contributed by atoms with Crippen molar-refractivity contribution in [3.05, 3.63) is 0 Å². The first-order valence-electron chi connectivity index (χ1n) is 2.83. The average molecular weight is 117 g/mol. The van der Waals surface area contributed by atoms with Crippen molar-refractivity contribution in [2.75, 3.05) is 0 Å².